The average Bonchev–Trinajstić information content (AvgIpc) is 3.43. The van der Waals surface area contributed by atoms with Gasteiger partial charge in [0.05, 0.1) is 47.7 Å². The van der Waals surface area contributed by atoms with Gasteiger partial charge in [0.1, 0.15) is 5.75 Å². The minimum atomic E-state index is -0.780. The molecule has 0 radical (unpaired) electrons. The fraction of sp³-hybridized carbons (Fsp3) is 0.154. The van der Waals surface area contributed by atoms with Gasteiger partial charge >= 0.3 is 5.97 Å². The molecule has 0 aromatic heterocycles. The highest BCUT2D eigenvalue weighted by Gasteiger charge is 2.43. The Hall–Kier alpha value is -3.70. The van der Waals surface area contributed by atoms with Gasteiger partial charge in [-0.1, -0.05) is 46.4 Å². The number of carbonyl (C=O) groups is 4. The first-order chi connectivity index (χ1) is 18.9. The fourth-order valence-electron chi connectivity index (χ4n) is 4.58. The van der Waals surface area contributed by atoms with E-state index < -0.39 is 28.6 Å². The van der Waals surface area contributed by atoms with Gasteiger partial charge < -0.3 is 9.64 Å². The van der Waals surface area contributed by atoms with E-state index in [0.717, 1.165) is 4.90 Å². The third-order valence-electron chi connectivity index (χ3n) is 6.56. The third-order valence-corrected chi connectivity index (χ3v) is 8.36. The van der Waals surface area contributed by atoms with Crippen LogP contribution in [0.15, 0.2) is 42.5 Å². The van der Waals surface area contributed by atoms with E-state index in [1.165, 1.54) is 47.4 Å². The molecule has 2 aliphatic rings. The number of non-ortho nitro benzene ring substituents is 1. The molecule has 14 heteroatoms. The van der Waals surface area contributed by atoms with E-state index in [2.05, 4.69) is 0 Å². The number of amides is 3. The molecule has 40 heavy (non-hydrogen) atoms. The Labute approximate surface area is 246 Å². The van der Waals surface area contributed by atoms with Gasteiger partial charge in [-0.3, -0.25) is 29.3 Å². The van der Waals surface area contributed by atoms with Gasteiger partial charge in [-0.05, 0) is 42.8 Å². The van der Waals surface area contributed by atoms with Crippen LogP contribution in [0.4, 0.5) is 17.1 Å². The number of benzene rings is 3. The van der Waals surface area contributed by atoms with Crippen molar-refractivity contribution in [3.63, 3.8) is 0 Å². The normalized spacial score (nSPS) is 16.5. The molecule has 0 N–H and O–H groups in total. The predicted molar refractivity (Wildman–Crippen MR) is 148 cm³/mol. The molecule has 3 aromatic carbocycles. The number of nitro groups is 1. The van der Waals surface area contributed by atoms with E-state index >= 15 is 0 Å². The van der Waals surface area contributed by atoms with Gasteiger partial charge in [-0.2, -0.15) is 0 Å². The summed E-state index contributed by atoms with van der Waals surface area (Å²) < 4.78 is 5.49. The maximum Gasteiger partial charge on any atom is 0.316 e. The largest absolute Gasteiger partial charge is 0.426 e. The Morgan fingerprint density at radius 1 is 0.925 bits per heavy atom. The van der Waals surface area contributed by atoms with Crippen LogP contribution in [0.2, 0.25) is 20.1 Å². The number of imide groups is 1. The van der Waals surface area contributed by atoms with Crippen LogP contribution in [0, 0.1) is 23.0 Å². The van der Waals surface area contributed by atoms with Crippen LogP contribution in [0.5, 0.6) is 5.75 Å². The zero-order valence-corrected chi connectivity index (χ0v) is 23.3. The summed E-state index contributed by atoms with van der Waals surface area (Å²) in [5, 5.41) is 10.2. The molecule has 0 saturated carbocycles. The lowest BCUT2D eigenvalue weighted by atomic mass is 10.1. The molecule has 1 saturated heterocycles. The first-order valence-corrected chi connectivity index (χ1v) is 13.0. The average molecular weight is 623 g/mol. The van der Waals surface area contributed by atoms with Crippen LogP contribution < -0.4 is 14.5 Å². The van der Waals surface area contributed by atoms with Crippen molar-refractivity contribution in [1.82, 2.24) is 0 Å². The van der Waals surface area contributed by atoms with Crippen LogP contribution in [0.1, 0.15) is 32.7 Å². The third kappa shape index (κ3) is 4.56. The van der Waals surface area contributed by atoms with Crippen molar-refractivity contribution >= 4 is 87.2 Å². The van der Waals surface area contributed by atoms with Gasteiger partial charge in [-0.25, -0.2) is 4.90 Å². The maximum atomic E-state index is 13.2. The molecule has 3 aromatic rings. The number of fused-ring (bicyclic) bond motifs is 1. The molecule has 5 rings (SSSR count). The molecule has 3 amide bonds. The predicted octanol–water partition coefficient (Wildman–Crippen LogP) is 6.28. The summed E-state index contributed by atoms with van der Waals surface area (Å²) in [5.74, 6) is -3.12. The molecule has 0 aliphatic carbocycles. The zero-order chi connectivity index (χ0) is 29.0. The monoisotopic (exact) mass is 621 g/mol. The van der Waals surface area contributed by atoms with Crippen LogP contribution in [-0.4, -0.2) is 35.2 Å². The van der Waals surface area contributed by atoms with E-state index in [0.29, 0.717) is 11.3 Å². The van der Waals surface area contributed by atoms with E-state index in [4.69, 9.17) is 51.1 Å². The van der Waals surface area contributed by atoms with Gasteiger partial charge in [0, 0.05) is 30.8 Å². The molecule has 0 spiro atoms. The number of rotatable bonds is 5. The smallest absolute Gasteiger partial charge is 0.316 e. The Morgan fingerprint density at radius 2 is 1.50 bits per heavy atom. The number of nitrogens with zero attached hydrogens (tertiary/aromatic N) is 3. The Bertz CT molecular complexity index is 1610. The molecule has 1 atom stereocenters. The number of anilines is 2. The van der Waals surface area contributed by atoms with Crippen LogP contribution in [0.25, 0.3) is 0 Å². The number of halogens is 4. The van der Waals surface area contributed by atoms with Gasteiger partial charge in [0.15, 0.2) is 0 Å². The van der Waals surface area contributed by atoms with Crippen molar-refractivity contribution in [1.29, 1.82) is 0 Å². The molecule has 0 bridgehead atoms. The molecule has 10 nitrogen and oxygen atoms in total. The highest BCUT2D eigenvalue weighted by molar-refractivity contribution is 6.56. The topological polar surface area (TPSA) is 127 Å². The standard InChI is InChI=1S/C26H15Cl4N3O7/c1-11-8-15(40-26(37)12-9-17(34)31(10-12)13-2-4-14(5-3-13)33(38)39)6-7-16(11)32-24(35)18-19(25(32)36)21(28)23(30)22(29)20(18)27/h2-8,12H,9-10H2,1H3/t12-/m0/s1. The number of esters is 1. The van der Waals surface area contributed by atoms with Crippen LogP contribution in [-0.2, 0) is 9.59 Å². The van der Waals surface area contributed by atoms with Gasteiger partial charge in [0.25, 0.3) is 17.5 Å². The molecular formula is C26H15Cl4N3O7. The first kappa shape index (κ1) is 27.9. The van der Waals surface area contributed by atoms with Crippen molar-refractivity contribution in [2.45, 2.75) is 13.3 Å². The number of nitro benzene ring substituents is 1. The Balaban J connectivity index is 1.32. The summed E-state index contributed by atoms with van der Waals surface area (Å²) in [7, 11) is 0. The van der Waals surface area contributed by atoms with Crippen LogP contribution in [0.3, 0.4) is 0 Å². The minimum Gasteiger partial charge on any atom is -0.426 e. The zero-order valence-electron chi connectivity index (χ0n) is 20.2. The van der Waals surface area contributed by atoms with Gasteiger partial charge in [0.2, 0.25) is 5.91 Å². The second-order valence-electron chi connectivity index (χ2n) is 9.00. The summed E-state index contributed by atoms with van der Waals surface area (Å²) in [6, 6.07) is 9.72. The maximum absolute atomic E-state index is 13.2. The number of hydrogen-bond donors (Lipinski definition) is 0. The second kappa shape index (κ2) is 10.4. The summed E-state index contributed by atoms with van der Waals surface area (Å²) >= 11 is 24.6. The van der Waals surface area contributed by atoms with Crippen molar-refractivity contribution in [2.75, 3.05) is 16.3 Å². The first-order valence-electron chi connectivity index (χ1n) is 11.5. The molecule has 0 unspecified atom stereocenters. The lowest BCUT2D eigenvalue weighted by Crippen LogP contribution is -2.30. The van der Waals surface area contributed by atoms with E-state index in [9.17, 15) is 29.3 Å². The van der Waals surface area contributed by atoms with E-state index in [1.807, 2.05) is 0 Å². The highest BCUT2D eigenvalue weighted by atomic mass is 35.5. The fourth-order valence-corrected chi connectivity index (χ4v) is 5.59. The molecular weight excluding hydrogens is 608 g/mol. The number of ether oxygens (including phenoxy) is 1. The lowest BCUT2D eigenvalue weighted by Gasteiger charge is -2.18. The number of aryl methyl sites for hydroxylation is 1. The van der Waals surface area contributed by atoms with Crippen molar-refractivity contribution < 1.29 is 28.8 Å². The molecule has 2 heterocycles. The van der Waals surface area contributed by atoms with Crippen molar-refractivity contribution in [3.8, 4) is 5.75 Å². The number of carbonyl (C=O) groups excluding carboxylic acids is 4. The molecule has 1 fully saturated rings. The second-order valence-corrected chi connectivity index (χ2v) is 10.5. The minimum absolute atomic E-state index is 0.0359. The quantitative estimate of drug-likeness (QED) is 0.0623. The summed E-state index contributed by atoms with van der Waals surface area (Å²) in [5.41, 5.74) is 0.596. The number of hydrogen-bond acceptors (Lipinski definition) is 7. The SMILES string of the molecule is Cc1cc(OC(=O)[C@H]2CC(=O)N(c3ccc([N+](=O)[O-])cc3)C2)ccc1N1C(=O)c2c(Cl)c(Cl)c(Cl)c(Cl)c2C1=O. The van der Waals surface area contributed by atoms with Crippen LogP contribution >= 0.6 is 46.4 Å². The molecule has 2 aliphatic heterocycles. The van der Waals surface area contributed by atoms with E-state index in [-0.39, 0.29) is 67.2 Å². The van der Waals surface area contributed by atoms with E-state index in [1.54, 1.807) is 6.92 Å². The molecule has 204 valence electrons. The Morgan fingerprint density at radius 3 is 2.02 bits per heavy atom. The summed E-state index contributed by atoms with van der Waals surface area (Å²) in [6.07, 6.45) is -0.103. The lowest BCUT2D eigenvalue weighted by molar-refractivity contribution is -0.384. The van der Waals surface area contributed by atoms with Gasteiger partial charge in [-0.15, -0.1) is 0 Å². The summed E-state index contributed by atoms with van der Waals surface area (Å²) in [4.78, 5) is 64.3. The Kier molecular flexibility index (Phi) is 7.22. The van der Waals surface area contributed by atoms with Crippen molar-refractivity contribution in [3.05, 3.63) is 89.4 Å². The summed E-state index contributed by atoms with van der Waals surface area (Å²) in [6.45, 7) is 1.64. The highest BCUT2D eigenvalue weighted by Crippen LogP contribution is 2.46. The van der Waals surface area contributed by atoms with Crippen molar-refractivity contribution in [2.24, 2.45) is 5.92 Å².